The van der Waals surface area contributed by atoms with Gasteiger partial charge in [0, 0.05) is 60.8 Å². The van der Waals surface area contributed by atoms with Gasteiger partial charge in [0.15, 0.2) is 0 Å². The van der Waals surface area contributed by atoms with E-state index < -0.39 is 0 Å². The summed E-state index contributed by atoms with van der Waals surface area (Å²) in [6, 6.07) is 8.68. The first-order valence-corrected chi connectivity index (χ1v) is 11.4. The number of fused-ring (bicyclic) bond motifs is 1. The molecule has 1 aliphatic carbocycles. The quantitative estimate of drug-likeness (QED) is 0.814. The number of carbonyl (C=O) groups is 1. The Kier molecular flexibility index (Phi) is 5.30. The lowest BCUT2D eigenvalue weighted by Crippen LogP contribution is -2.51. The maximum Gasteiger partial charge on any atom is 0.224 e. The van der Waals surface area contributed by atoms with Crippen molar-refractivity contribution in [3.8, 4) is 0 Å². The van der Waals surface area contributed by atoms with Crippen LogP contribution in [0.15, 0.2) is 30.5 Å². The van der Waals surface area contributed by atoms with E-state index in [1.54, 1.807) is 13.1 Å². The highest BCUT2D eigenvalue weighted by Crippen LogP contribution is 2.50. The lowest BCUT2D eigenvalue weighted by Gasteiger charge is -2.46. The topological polar surface area (TPSA) is 70.6 Å². The van der Waals surface area contributed by atoms with Crippen LogP contribution in [0, 0.1) is 18.8 Å². The van der Waals surface area contributed by atoms with Gasteiger partial charge in [0.05, 0.1) is 19.3 Å². The monoisotopic (exact) mass is 421 g/mol. The molecule has 1 aromatic carbocycles. The van der Waals surface area contributed by atoms with Crippen LogP contribution in [0.4, 0.5) is 17.3 Å². The predicted octanol–water partition coefficient (Wildman–Crippen LogP) is 3.56. The molecule has 0 radical (unpaired) electrons. The average molecular weight is 422 g/mol. The molecule has 31 heavy (non-hydrogen) atoms. The van der Waals surface area contributed by atoms with E-state index in [4.69, 9.17) is 4.74 Å². The first-order chi connectivity index (χ1) is 15.0. The van der Waals surface area contributed by atoms with Crippen molar-refractivity contribution < 1.29 is 9.53 Å². The molecule has 2 aromatic rings. The number of anilines is 3. The summed E-state index contributed by atoms with van der Waals surface area (Å²) in [6.07, 6.45) is 4.17. The summed E-state index contributed by atoms with van der Waals surface area (Å²) in [5, 5.41) is 3.63. The van der Waals surface area contributed by atoms with Crippen LogP contribution in [0.25, 0.3) is 0 Å². The van der Waals surface area contributed by atoms with E-state index in [0.717, 1.165) is 43.2 Å². The molecule has 7 heteroatoms. The molecule has 1 saturated heterocycles. The maximum absolute atomic E-state index is 12.8. The fourth-order valence-corrected chi connectivity index (χ4v) is 5.23. The van der Waals surface area contributed by atoms with Gasteiger partial charge in [-0.05, 0) is 49.9 Å². The second-order valence-electron chi connectivity index (χ2n) is 9.06. The first kappa shape index (κ1) is 20.2. The smallest absolute Gasteiger partial charge is 0.224 e. The van der Waals surface area contributed by atoms with E-state index in [1.807, 2.05) is 13.0 Å². The van der Waals surface area contributed by atoms with Gasteiger partial charge in [-0.15, -0.1) is 0 Å². The summed E-state index contributed by atoms with van der Waals surface area (Å²) in [6.45, 7) is 9.19. The van der Waals surface area contributed by atoms with Crippen molar-refractivity contribution >= 4 is 23.2 Å². The summed E-state index contributed by atoms with van der Waals surface area (Å²) >= 11 is 0. The number of nitrogens with zero attached hydrogens (tertiary/aromatic N) is 4. The normalized spacial score (nSPS) is 25.8. The fraction of sp³-hybridized carbons (Fsp3) is 0.542. The Balaban J connectivity index is 1.58. The SMILES string of the molecule is CC(=O)N1c2ccc(N3CCOCC3)cc2[C@H](Nc2nccc(C)n2)[C@@H](C)C1C1CC1. The number of aryl methyl sites for hydroxylation is 1. The zero-order valence-electron chi connectivity index (χ0n) is 18.5. The van der Waals surface area contributed by atoms with E-state index in [1.165, 1.54) is 18.5 Å². The molecule has 7 nitrogen and oxygen atoms in total. The number of carbonyl (C=O) groups excluding carboxylic acids is 1. The number of hydrogen-bond donors (Lipinski definition) is 1. The minimum Gasteiger partial charge on any atom is -0.378 e. The van der Waals surface area contributed by atoms with Gasteiger partial charge >= 0.3 is 0 Å². The Morgan fingerprint density at radius 1 is 1.19 bits per heavy atom. The summed E-state index contributed by atoms with van der Waals surface area (Å²) in [7, 11) is 0. The number of morpholine rings is 1. The minimum atomic E-state index is 0.0407. The van der Waals surface area contributed by atoms with Gasteiger partial charge in [0.2, 0.25) is 11.9 Å². The van der Waals surface area contributed by atoms with E-state index in [0.29, 0.717) is 11.9 Å². The largest absolute Gasteiger partial charge is 0.378 e. The highest BCUT2D eigenvalue weighted by molar-refractivity contribution is 5.94. The number of aromatic nitrogens is 2. The Hall–Kier alpha value is -2.67. The molecule has 3 atom stereocenters. The Morgan fingerprint density at radius 2 is 1.97 bits per heavy atom. The van der Waals surface area contributed by atoms with Crippen LogP contribution in [0.1, 0.15) is 44.0 Å². The number of ether oxygens (including phenoxy) is 1. The Morgan fingerprint density at radius 3 is 2.65 bits per heavy atom. The highest BCUT2D eigenvalue weighted by atomic mass is 16.5. The molecule has 5 rings (SSSR count). The van der Waals surface area contributed by atoms with Crippen molar-refractivity contribution in [2.24, 2.45) is 11.8 Å². The molecular formula is C24H31N5O2. The van der Waals surface area contributed by atoms with E-state index >= 15 is 0 Å². The van der Waals surface area contributed by atoms with Crippen LogP contribution in [-0.4, -0.2) is 48.2 Å². The summed E-state index contributed by atoms with van der Waals surface area (Å²) in [5.41, 5.74) is 4.28. The van der Waals surface area contributed by atoms with E-state index in [2.05, 4.69) is 50.2 Å². The molecular weight excluding hydrogens is 390 g/mol. The third-order valence-corrected chi connectivity index (χ3v) is 6.87. The van der Waals surface area contributed by atoms with Crippen molar-refractivity contribution in [1.29, 1.82) is 0 Å². The molecule has 2 aliphatic heterocycles. The fourth-order valence-electron chi connectivity index (χ4n) is 5.23. The Labute approximate surface area is 183 Å². The number of rotatable bonds is 4. The van der Waals surface area contributed by atoms with Gasteiger partial charge in [-0.3, -0.25) is 4.79 Å². The number of hydrogen-bond acceptors (Lipinski definition) is 6. The standard InChI is InChI=1S/C24H31N5O2/c1-15-8-9-25-24(26-15)27-22-16(2)23(18-4-5-18)29(17(3)30)21-7-6-19(14-20(21)22)28-10-12-31-13-11-28/h6-9,14,16,18,22-23H,4-5,10-13H2,1-3H3,(H,25,26,27)/t16-,22-,23?/m1/s1. The first-order valence-electron chi connectivity index (χ1n) is 11.4. The molecule has 1 aromatic heterocycles. The molecule has 1 unspecified atom stereocenters. The summed E-state index contributed by atoms with van der Waals surface area (Å²) in [4.78, 5) is 26.3. The molecule has 164 valence electrons. The van der Waals surface area contributed by atoms with Crippen LogP contribution < -0.4 is 15.1 Å². The van der Waals surface area contributed by atoms with Gasteiger partial charge in [0.25, 0.3) is 0 Å². The highest BCUT2D eigenvalue weighted by Gasteiger charge is 2.47. The van der Waals surface area contributed by atoms with Crippen molar-refractivity contribution in [3.63, 3.8) is 0 Å². The van der Waals surface area contributed by atoms with Crippen molar-refractivity contribution in [3.05, 3.63) is 41.7 Å². The molecule has 0 bridgehead atoms. The zero-order chi connectivity index (χ0) is 21.5. The van der Waals surface area contributed by atoms with E-state index in [-0.39, 0.29) is 23.9 Å². The second-order valence-corrected chi connectivity index (χ2v) is 9.06. The molecule has 2 fully saturated rings. The number of nitrogens with one attached hydrogen (secondary N) is 1. The number of amides is 1. The number of benzene rings is 1. The zero-order valence-corrected chi connectivity index (χ0v) is 18.5. The van der Waals surface area contributed by atoms with Gasteiger partial charge < -0.3 is 19.9 Å². The van der Waals surface area contributed by atoms with Crippen LogP contribution in [0.5, 0.6) is 0 Å². The maximum atomic E-state index is 12.8. The summed E-state index contributed by atoms with van der Waals surface area (Å²) < 4.78 is 5.53. The molecule has 1 saturated carbocycles. The summed E-state index contributed by atoms with van der Waals surface area (Å²) in [5.74, 6) is 1.57. The van der Waals surface area contributed by atoms with E-state index in [9.17, 15) is 4.79 Å². The lowest BCUT2D eigenvalue weighted by atomic mass is 9.79. The van der Waals surface area contributed by atoms with Gasteiger partial charge in [-0.2, -0.15) is 0 Å². The van der Waals surface area contributed by atoms with Crippen LogP contribution in [-0.2, 0) is 9.53 Å². The van der Waals surface area contributed by atoms with Crippen LogP contribution in [0.3, 0.4) is 0 Å². The molecule has 3 heterocycles. The third kappa shape index (κ3) is 3.87. The molecule has 1 amide bonds. The molecule has 0 spiro atoms. The predicted molar refractivity (Wildman–Crippen MR) is 121 cm³/mol. The Bertz CT molecular complexity index is 970. The lowest BCUT2D eigenvalue weighted by molar-refractivity contribution is -0.117. The minimum absolute atomic E-state index is 0.0407. The van der Waals surface area contributed by atoms with Crippen molar-refractivity contribution in [2.75, 3.05) is 41.4 Å². The van der Waals surface area contributed by atoms with Crippen molar-refractivity contribution in [2.45, 2.75) is 45.7 Å². The van der Waals surface area contributed by atoms with Gasteiger partial charge in [0.1, 0.15) is 0 Å². The van der Waals surface area contributed by atoms with Gasteiger partial charge in [-0.1, -0.05) is 6.92 Å². The molecule has 1 N–H and O–H groups in total. The molecule has 3 aliphatic rings. The van der Waals surface area contributed by atoms with Gasteiger partial charge in [-0.25, -0.2) is 9.97 Å². The average Bonchev–Trinajstić information content (AvgIpc) is 3.60. The van der Waals surface area contributed by atoms with Crippen molar-refractivity contribution in [1.82, 2.24) is 9.97 Å². The van der Waals surface area contributed by atoms with Crippen LogP contribution >= 0.6 is 0 Å². The third-order valence-electron chi connectivity index (χ3n) is 6.87. The second kappa shape index (κ2) is 8.11. The van der Waals surface area contributed by atoms with Crippen LogP contribution in [0.2, 0.25) is 0 Å².